The van der Waals surface area contributed by atoms with Gasteiger partial charge in [0, 0.05) is 26.1 Å². The van der Waals surface area contributed by atoms with Crippen LogP contribution in [0.2, 0.25) is 0 Å². The molecule has 0 aromatic heterocycles. The lowest BCUT2D eigenvalue weighted by atomic mass is 10.1. The summed E-state index contributed by atoms with van der Waals surface area (Å²) in [5, 5.41) is 12.3. The van der Waals surface area contributed by atoms with E-state index >= 15 is 0 Å². The maximum atomic E-state index is 11.9. The molecule has 1 aliphatic heterocycles. The number of hydrogen-bond acceptors (Lipinski definition) is 3. The molecule has 0 aromatic carbocycles. The minimum absolute atomic E-state index is 0.0882. The number of carbonyl (C=O) groups is 2. The SMILES string of the molecule is CC(C)(O)CNC(=O)C1CC(=O)N(CC2CC2)C1. The van der Waals surface area contributed by atoms with Crippen molar-refractivity contribution in [2.45, 2.75) is 38.7 Å². The van der Waals surface area contributed by atoms with Crippen LogP contribution in [0, 0.1) is 11.8 Å². The van der Waals surface area contributed by atoms with Crippen molar-refractivity contribution in [3.63, 3.8) is 0 Å². The molecule has 2 amide bonds. The van der Waals surface area contributed by atoms with Crippen LogP contribution >= 0.6 is 0 Å². The van der Waals surface area contributed by atoms with E-state index in [0.717, 1.165) is 6.54 Å². The highest BCUT2D eigenvalue weighted by atomic mass is 16.3. The molecule has 2 fully saturated rings. The first-order valence-corrected chi connectivity index (χ1v) is 6.63. The summed E-state index contributed by atoms with van der Waals surface area (Å²) in [6, 6.07) is 0. The Bertz CT molecular complexity index is 345. The standard InChI is InChI=1S/C13H22N2O3/c1-13(2,18)8-14-12(17)10-5-11(16)15(7-10)6-9-3-4-9/h9-10,18H,3-8H2,1-2H3,(H,14,17). The second-order valence-corrected chi connectivity index (χ2v) is 6.17. The highest BCUT2D eigenvalue weighted by Gasteiger charge is 2.37. The molecular weight excluding hydrogens is 232 g/mol. The Kier molecular flexibility index (Phi) is 3.61. The average molecular weight is 254 g/mol. The number of rotatable bonds is 5. The molecule has 1 heterocycles. The average Bonchev–Trinajstić information content (AvgIpc) is 2.99. The van der Waals surface area contributed by atoms with Gasteiger partial charge in [-0.1, -0.05) is 0 Å². The fourth-order valence-corrected chi connectivity index (χ4v) is 2.18. The van der Waals surface area contributed by atoms with E-state index < -0.39 is 5.60 Å². The molecular formula is C13H22N2O3. The molecule has 0 aromatic rings. The van der Waals surface area contributed by atoms with Crippen molar-refractivity contribution < 1.29 is 14.7 Å². The van der Waals surface area contributed by atoms with E-state index in [9.17, 15) is 14.7 Å². The third-order valence-electron chi connectivity index (χ3n) is 3.46. The summed E-state index contributed by atoms with van der Waals surface area (Å²) in [5.41, 5.74) is -0.911. The van der Waals surface area contributed by atoms with E-state index in [-0.39, 0.29) is 24.3 Å². The Hall–Kier alpha value is -1.10. The normalized spacial score (nSPS) is 24.5. The maximum absolute atomic E-state index is 11.9. The Labute approximate surface area is 108 Å². The number of hydrogen-bond donors (Lipinski definition) is 2. The summed E-state index contributed by atoms with van der Waals surface area (Å²) in [7, 11) is 0. The lowest BCUT2D eigenvalue weighted by Gasteiger charge is -2.19. The van der Waals surface area contributed by atoms with E-state index in [1.54, 1.807) is 13.8 Å². The van der Waals surface area contributed by atoms with Crippen LogP contribution in [0.1, 0.15) is 33.1 Å². The van der Waals surface area contributed by atoms with Gasteiger partial charge in [0.2, 0.25) is 11.8 Å². The van der Waals surface area contributed by atoms with Crippen LogP contribution in [-0.4, -0.2) is 47.1 Å². The van der Waals surface area contributed by atoms with Crippen LogP contribution in [0.25, 0.3) is 0 Å². The van der Waals surface area contributed by atoms with E-state index in [0.29, 0.717) is 18.9 Å². The van der Waals surface area contributed by atoms with Crippen LogP contribution < -0.4 is 5.32 Å². The van der Waals surface area contributed by atoms with Crippen molar-refractivity contribution in [2.24, 2.45) is 11.8 Å². The van der Waals surface area contributed by atoms with Gasteiger partial charge in [-0.3, -0.25) is 9.59 Å². The number of carbonyl (C=O) groups excluding carboxylic acids is 2. The molecule has 18 heavy (non-hydrogen) atoms. The summed E-state index contributed by atoms with van der Waals surface area (Å²) in [6.45, 7) is 4.86. The molecule has 5 heteroatoms. The Balaban J connectivity index is 1.79. The molecule has 0 radical (unpaired) electrons. The van der Waals surface area contributed by atoms with Crippen molar-refractivity contribution in [3.8, 4) is 0 Å². The van der Waals surface area contributed by atoms with Crippen molar-refractivity contribution >= 4 is 11.8 Å². The van der Waals surface area contributed by atoms with Crippen LogP contribution in [0.5, 0.6) is 0 Å². The third kappa shape index (κ3) is 3.70. The van der Waals surface area contributed by atoms with Gasteiger partial charge in [-0.15, -0.1) is 0 Å². The molecule has 0 spiro atoms. The minimum Gasteiger partial charge on any atom is -0.389 e. The van der Waals surface area contributed by atoms with Gasteiger partial charge in [-0.05, 0) is 32.6 Å². The zero-order valence-electron chi connectivity index (χ0n) is 11.1. The Morgan fingerprint density at radius 2 is 2.17 bits per heavy atom. The highest BCUT2D eigenvalue weighted by Crippen LogP contribution is 2.31. The molecule has 1 atom stereocenters. The first-order valence-electron chi connectivity index (χ1n) is 6.63. The van der Waals surface area contributed by atoms with Gasteiger partial charge >= 0.3 is 0 Å². The van der Waals surface area contributed by atoms with Crippen molar-refractivity contribution in [3.05, 3.63) is 0 Å². The molecule has 1 aliphatic carbocycles. The summed E-state index contributed by atoms with van der Waals surface area (Å²) in [4.78, 5) is 25.4. The second kappa shape index (κ2) is 4.88. The molecule has 1 saturated heterocycles. The largest absolute Gasteiger partial charge is 0.389 e. The quantitative estimate of drug-likeness (QED) is 0.733. The van der Waals surface area contributed by atoms with Crippen molar-refractivity contribution in [1.29, 1.82) is 0 Å². The van der Waals surface area contributed by atoms with Gasteiger partial charge in [0.1, 0.15) is 0 Å². The van der Waals surface area contributed by atoms with Gasteiger partial charge < -0.3 is 15.3 Å². The smallest absolute Gasteiger partial charge is 0.225 e. The zero-order valence-corrected chi connectivity index (χ0v) is 11.1. The van der Waals surface area contributed by atoms with E-state index in [1.807, 2.05) is 4.90 Å². The first kappa shape index (κ1) is 13.3. The fourth-order valence-electron chi connectivity index (χ4n) is 2.18. The molecule has 1 unspecified atom stereocenters. The minimum atomic E-state index is -0.911. The molecule has 2 aliphatic rings. The van der Waals surface area contributed by atoms with Crippen LogP contribution in [0.3, 0.4) is 0 Å². The van der Waals surface area contributed by atoms with E-state index in [1.165, 1.54) is 12.8 Å². The highest BCUT2D eigenvalue weighted by molar-refractivity contribution is 5.89. The van der Waals surface area contributed by atoms with Crippen molar-refractivity contribution in [1.82, 2.24) is 10.2 Å². The Morgan fingerprint density at radius 3 is 2.72 bits per heavy atom. The number of aliphatic hydroxyl groups is 1. The van der Waals surface area contributed by atoms with Gasteiger partial charge in [0.05, 0.1) is 11.5 Å². The summed E-state index contributed by atoms with van der Waals surface area (Å²) < 4.78 is 0. The summed E-state index contributed by atoms with van der Waals surface area (Å²) in [6.07, 6.45) is 2.73. The predicted octanol–water partition coefficient (Wildman–Crippen LogP) is 0.132. The molecule has 2 N–H and O–H groups in total. The van der Waals surface area contributed by atoms with Crippen molar-refractivity contribution in [2.75, 3.05) is 19.6 Å². The summed E-state index contributed by atoms with van der Waals surface area (Å²) in [5.74, 6) is 0.375. The van der Waals surface area contributed by atoms with Crippen LogP contribution in [0.15, 0.2) is 0 Å². The molecule has 102 valence electrons. The number of nitrogens with one attached hydrogen (secondary N) is 1. The van der Waals surface area contributed by atoms with Gasteiger partial charge in [-0.25, -0.2) is 0 Å². The first-order chi connectivity index (χ1) is 8.35. The number of nitrogens with zero attached hydrogens (tertiary/aromatic N) is 1. The van der Waals surface area contributed by atoms with Gasteiger partial charge in [0.25, 0.3) is 0 Å². The van der Waals surface area contributed by atoms with E-state index in [2.05, 4.69) is 5.32 Å². The van der Waals surface area contributed by atoms with Gasteiger partial charge in [-0.2, -0.15) is 0 Å². The predicted molar refractivity (Wildman–Crippen MR) is 66.7 cm³/mol. The van der Waals surface area contributed by atoms with Crippen LogP contribution in [0.4, 0.5) is 0 Å². The Morgan fingerprint density at radius 1 is 1.50 bits per heavy atom. The third-order valence-corrected chi connectivity index (χ3v) is 3.46. The molecule has 0 bridgehead atoms. The lowest BCUT2D eigenvalue weighted by Crippen LogP contribution is -2.41. The second-order valence-electron chi connectivity index (χ2n) is 6.17. The molecule has 5 nitrogen and oxygen atoms in total. The van der Waals surface area contributed by atoms with E-state index in [4.69, 9.17) is 0 Å². The summed E-state index contributed by atoms with van der Waals surface area (Å²) >= 11 is 0. The molecule has 2 rings (SSSR count). The monoisotopic (exact) mass is 254 g/mol. The molecule has 1 saturated carbocycles. The van der Waals surface area contributed by atoms with Gasteiger partial charge in [0.15, 0.2) is 0 Å². The number of likely N-dealkylation sites (tertiary alicyclic amines) is 1. The fraction of sp³-hybridized carbons (Fsp3) is 0.846. The topological polar surface area (TPSA) is 69.6 Å². The lowest BCUT2D eigenvalue weighted by molar-refractivity contribution is -0.129. The van der Waals surface area contributed by atoms with Crippen LogP contribution in [-0.2, 0) is 9.59 Å². The maximum Gasteiger partial charge on any atom is 0.225 e. The zero-order chi connectivity index (χ0) is 13.3. The number of amides is 2.